The molecule has 1 aromatic carbocycles. The first-order chi connectivity index (χ1) is 10.3. The van der Waals surface area contributed by atoms with Gasteiger partial charge in [-0.15, -0.1) is 10.2 Å². The molecule has 3 aromatic rings. The number of nitrogens with one attached hydrogen (secondary N) is 1. The summed E-state index contributed by atoms with van der Waals surface area (Å²) in [5.41, 5.74) is 8.31. The van der Waals surface area contributed by atoms with Crippen LogP contribution in [-0.2, 0) is 5.75 Å². The Morgan fingerprint density at radius 2 is 2.00 bits per heavy atom. The summed E-state index contributed by atoms with van der Waals surface area (Å²) in [6, 6.07) is 9.65. The zero-order chi connectivity index (χ0) is 14.5. The molecule has 0 aliphatic rings. The third kappa shape index (κ3) is 3.86. The average Bonchev–Trinajstić information content (AvgIpc) is 2.99. The van der Waals surface area contributed by atoms with E-state index in [4.69, 9.17) is 5.73 Å². The fourth-order valence-electron chi connectivity index (χ4n) is 1.56. The van der Waals surface area contributed by atoms with Crippen LogP contribution in [0.5, 0.6) is 0 Å². The lowest BCUT2D eigenvalue weighted by atomic mass is 10.3. The Balaban J connectivity index is 1.73. The van der Waals surface area contributed by atoms with Crippen molar-refractivity contribution in [2.24, 2.45) is 0 Å². The first-order valence-electron chi connectivity index (χ1n) is 6.01. The van der Waals surface area contributed by atoms with Crippen molar-refractivity contribution in [3.63, 3.8) is 0 Å². The van der Waals surface area contributed by atoms with E-state index in [9.17, 15) is 0 Å². The Morgan fingerprint density at radius 1 is 1.14 bits per heavy atom. The predicted octanol–water partition coefficient (Wildman–Crippen LogP) is 2.34. The van der Waals surface area contributed by atoms with E-state index in [0.717, 1.165) is 10.0 Å². The van der Waals surface area contributed by atoms with E-state index >= 15 is 0 Å². The first-order valence-corrected chi connectivity index (χ1v) is 7.87. The molecule has 0 unspecified atom stereocenters. The fraction of sp³-hybridized carbons (Fsp3) is 0.0833. The highest BCUT2D eigenvalue weighted by Crippen LogP contribution is 2.23. The van der Waals surface area contributed by atoms with Crippen LogP contribution in [0.2, 0.25) is 0 Å². The zero-order valence-corrected chi connectivity index (χ0v) is 12.4. The lowest BCUT2D eigenvalue weighted by Gasteiger charge is -2.06. The summed E-state index contributed by atoms with van der Waals surface area (Å²) in [6.45, 7) is 0. The van der Waals surface area contributed by atoms with Gasteiger partial charge in [-0.25, -0.2) is 0 Å². The highest BCUT2D eigenvalue weighted by atomic mass is 32.2. The molecule has 0 atom stereocenters. The number of hydrogen-bond donors (Lipinski definition) is 2. The molecule has 7 nitrogen and oxygen atoms in total. The third-order valence-electron chi connectivity index (χ3n) is 2.39. The monoisotopic (exact) mass is 317 g/mol. The largest absolute Gasteiger partial charge is 0.368 e. The smallest absolute Gasteiger partial charge is 0.232 e. The van der Waals surface area contributed by atoms with Gasteiger partial charge in [0.15, 0.2) is 4.34 Å². The summed E-state index contributed by atoms with van der Waals surface area (Å²) in [6.07, 6.45) is 0. The lowest BCUT2D eigenvalue weighted by Crippen LogP contribution is -2.06. The topological polar surface area (TPSA) is 102 Å². The Bertz CT molecular complexity index is 703. The summed E-state index contributed by atoms with van der Waals surface area (Å²) in [5, 5.41) is 10.8. The van der Waals surface area contributed by atoms with E-state index in [1.54, 1.807) is 5.51 Å². The van der Waals surface area contributed by atoms with E-state index in [-0.39, 0.29) is 5.95 Å². The van der Waals surface area contributed by atoms with Gasteiger partial charge in [0.2, 0.25) is 11.9 Å². The van der Waals surface area contributed by atoms with Crippen LogP contribution < -0.4 is 11.1 Å². The standard InChI is InChI=1S/C12H11N7S2/c13-10-16-9(6-20-12-19-14-7-21-12)17-11(18-10)15-8-4-2-1-3-5-8/h1-5,7H,6H2,(H3,13,15,16,17,18). The van der Waals surface area contributed by atoms with Crippen LogP contribution in [0.4, 0.5) is 17.6 Å². The number of aromatic nitrogens is 5. The number of benzene rings is 1. The lowest BCUT2D eigenvalue weighted by molar-refractivity contribution is 0.975. The van der Waals surface area contributed by atoms with Gasteiger partial charge in [-0.1, -0.05) is 41.3 Å². The molecule has 0 aliphatic heterocycles. The molecular weight excluding hydrogens is 306 g/mol. The van der Waals surface area contributed by atoms with Crippen LogP contribution in [0.3, 0.4) is 0 Å². The van der Waals surface area contributed by atoms with Crippen molar-refractivity contribution in [2.75, 3.05) is 11.1 Å². The highest BCUT2D eigenvalue weighted by Gasteiger charge is 2.07. The molecule has 21 heavy (non-hydrogen) atoms. The third-order valence-corrected chi connectivity index (χ3v) is 4.25. The van der Waals surface area contributed by atoms with Gasteiger partial charge in [0, 0.05) is 5.69 Å². The number of para-hydroxylation sites is 1. The number of nitrogens with two attached hydrogens (primary N) is 1. The first kappa shape index (κ1) is 13.7. The fourth-order valence-corrected chi connectivity index (χ4v) is 2.90. The SMILES string of the molecule is Nc1nc(CSc2nncs2)nc(Nc2ccccc2)n1. The van der Waals surface area contributed by atoms with E-state index in [1.807, 2.05) is 30.3 Å². The molecule has 0 radical (unpaired) electrons. The summed E-state index contributed by atoms with van der Waals surface area (Å²) in [7, 11) is 0. The van der Waals surface area contributed by atoms with Gasteiger partial charge in [-0.3, -0.25) is 0 Å². The van der Waals surface area contributed by atoms with Gasteiger partial charge in [0.25, 0.3) is 0 Å². The van der Waals surface area contributed by atoms with Crippen LogP contribution >= 0.6 is 23.1 Å². The number of rotatable bonds is 5. The Labute approximate surface area is 129 Å². The maximum absolute atomic E-state index is 5.73. The molecule has 2 heterocycles. The predicted molar refractivity (Wildman–Crippen MR) is 83.4 cm³/mol. The minimum atomic E-state index is 0.191. The Hall–Kier alpha value is -2.26. The molecule has 0 saturated heterocycles. The molecule has 0 spiro atoms. The van der Waals surface area contributed by atoms with Crippen LogP contribution in [0.25, 0.3) is 0 Å². The van der Waals surface area contributed by atoms with Crippen molar-refractivity contribution in [3.8, 4) is 0 Å². The molecule has 0 bridgehead atoms. The molecule has 0 aliphatic carbocycles. The maximum atomic E-state index is 5.73. The van der Waals surface area contributed by atoms with Gasteiger partial charge in [0.1, 0.15) is 11.3 Å². The summed E-state index contributed by atoms with van der Waals surface area (Å²) in [4.78, 5) is 12.6. The van der Waals surface area contributed by atoms with Gasteiger partial charge in [-0.2, -0.15) is 15.0 Å². The van der Waals surface area contributed by atoms with Crippen molar-refractivity contribution in [2.45, 2.75) is 10.1 Å². The van der Waals surface area contributed by atoms with Crippen LogP contribution in [0.15, 0.2) is 40.2 Å². The quantitative estimate of drug-likeness (QED) is 0.691. The van der Waals surface area contributed by atoms with Gasteiger partial charge >= 0.3 is 0 Å². The number of anilines is 3. The van der Waals surface area contributed by atoms with Crippen LogP contribution in [0.1, 0.15) is 5.82 Å². The number of hydrogen-bond acceptors (Lipinski definition) is 9. The summed E-state index contributed by atoms with van der Waals surface area (Å²) < 4.78 is 0.867. The summed E-state index contributed by atoms with van der Waals surface area (Å²) >= 11 is 2.99. The molecule has 0 fully saturated rings. The van der Waals surface area contributed by atoms with Gasteiger partial charge < -0.3 is 11.1 Å². The number of nitrogen functional groups attached to an aromatic ring is 1. The zero-order valence-electron chi connectivity index (χ0n) is 10.8. The highest BCUT2D eigenvalue weighted by molar-refractivity contribution is 8.00. The normalized spacial score (nSPS) is 10.5. The van der Waals surface area contributed by atoms with Crippen molar-refractivity contribution >= 4 is 40.7 Å². The second-order valence-electron chi connectivity index (χ2n) is 3.92. The second-order valence-corrected chi connectivity index (χ2v) is 5.97. The molecule has 0 saturated carbocycles. The molecule has 9 heteroatoms. The summed E-state index contributed by atoms with van der Waals surface area (Å²) in [5.74, 6) is 1.78. The van der Waals surface area contributed by atoms with E-state index < -0.39 is 0 Å². The second kappa shape index (κ2) is 6.46. The molecule has 106 valence electrons. The van der Waals surface area contributed by atoms with Crippen LogP contribution in [0, 0.1) is 0 Å². The van der Waals surface area contributed by atoms with Crippen molar-refractivity contribution in [1.82, 2.24) is 25.1 Å². The van der Waals surface area contributed by atoms with Gasteiger partial charge in [0.05, 0.1) is 5.75 Å². The minimum Gasteiger partial charge on any atom is -0.368 e. The number of thioether (sulfide) groups is 1. The minimum absolute atomic E-state index is 0.191. The van der Waals surface area contributed by atoms with E-state index in [0.29, 0.717) is 17.5 Å². The van der Waals surface area contributed by atoms with E-state index in [1.165, 1.54) is 23.1 Å². The molecular formula is C12H11N7S2. The Kier molecular flexibility index (Phi) is 4.22. The van der Waals surface area contributed by atoms with Crippen LogP contribution in [-0.4, -0.2) is 25.1 Å². The molecule has 3 rings (SSSR count). The molecule has 3 N–H and O–H groups in total. The van der Waals surface area contributed by atoms with E-state index in [2.05, 4.69) is 30.5 Å². The van der Waals surface area contributed by atoms with Crippen molar-refractivity contribution < 1.29 is 0 Å². The van der Waals surface area contributed by atoms with Gasteiger partial charge in [-0.05, 0) is 12.1 Å². The number of nitrogens with zero attached hydrogens (tertiary/aromatic N) is 5. The van der Waals surface area contributed by atoms with Crippen molar-refractivity contribution in [3.05, 3.63) is 41.7 Å². The molecule has 0 amide bonds. The molecule has 2 aromatic heterocycles. The van der Waals surface area contributed by atoms with Crippen molar-refractivity contribution in [1.29, 1.82) is 0 Å². The maximum Gasteiger partial charge on any atom is 0.232 e. The Morgan fingerprint density at radius 3 is 2.76 bits per heavy atom. The average molecular weight is 317 g/mol.